The summed E-state index contributed by atoms with van der Waals surface area (Å²) in [5.41, 5.74) is 6.76. The Hall–Kier alpha value is -1.46. The van der Waals surface area contributed by atoms with Crippen molar-refractivity contribution in [3.63, 3.8) is 0 Å². The fraction of sp³-hybridized carbons (Fsp3) is 0.0667. The summed E-state index contributed by atoms with van der Waals surface area (Å²) in [6.07, 6.45) is 0. The van der Waals surface area contributed by atoms with Crippen LogP contribution >= 0.6 is 47.2 Å². The number of nitrogens with one attached hydrogen (secondary N) is 2. The van der Waals surface area contributed by atoms with Crippen LogP contribution < -0.4 is 10.9 Å². The van der Waals surface area contributed by atoms with Gasteiger partial charge >= 0.3 is 0 Å². The van der Waals surface area contributed by atoms with Gasteiger partial charge in [-0.15, -0.1) is 12.4 Å². The van der Waals surface area contributed by atoms with Crippen LogP contribution in [-0.4, -0.2) is 11.6 Å². The molecule has 23 heavy (non-hydrogen) atoms. The molecule has 0 spiro atoms. The molecular formula is C15H13Cl4N3O. The van der Waals surface area contributed by atoms with E-state index in [2.05, 4.69) is 15.8 Å². The quantitative estimate of drug-likeness (QED) is 0.421. The number of benzene rings is 2. The van der Waals surface area contributed by atoms with Gasteiger partial charge in [0, 0.05) is 17.0 Å². The molecule has 0 aliphatic rings. The number of carbonyl (C=O) groups is 1. The van der Waals surface area contributed by atoms with E-state index >= 15 is 0 Å². The Bertz CT molecular complexity index is 734. The van der Waals surface area contributed by atoms with E-state index in [1.54, 1.807) is 42.5 Å². The van der Waals surface area contributed by atoms with Gasteiger partial charge in [0.05, 0.1) is 16.4 Å². The second-order valence-electron chi connectivity index (χ2n) is 4.37. The Balaban J connectivity index is 0.00000264. The smallest absolute Gasteiger partial charge is 0.196 e. The molecule has 2 N–H and O–H groups in total. The second-order valence-corrected chi connectivity index (χ2v) is 5.65. The maximum atomic E-state index is 11.7. The number of hydrogen-bond donors (Lipinski definition) is 2. The molecule has 0 heterocycles. The van der Waals surface area contributed by atoms with Crippen molar-refractivity contribution in [1.29, 1.82) is 0 Å². The van der Waals surface area contributed by atoms with Crippen molar-refractivity contribution in [3.8, 4) is 0 Å². The van der Waals surface area contributed by atoms with Crippen LogP contribution in [0.15, 0.2) is 47.5 Å². The average molecular weight is 393 g/mol. The largest absolute Gasteiger partial charge is 0.299 e. The minimum absolute atomic E-state index is 0. The molecular weight excluding hydrogens is 380 g/mol. The molecule has 2 aromatic rings. The van der Waals surface area contributed by atoms with Gasteiger partial charge in [-0.05, 0) is 36.4 Å². The molecule has 0 aliphatic heterocycles. The summed E-state index contributed by atoms with van der Waals surface area (Å²) in [7, 11) is 0. The molecule has 0 atom stereocenters. The van der Waals surface area contributed by atoms with Crippen LogP contribution in [0.1, 0.15) is 6.92 Å². The topological polar surface area (TPSA) is 53.5 Å². The van der Waals surface area contributed by atoms with Gasteiger partial charge in [0.25, 0.3) is 0 Å². The van der Waals surface area contributed by atoms with Gasteiger partial charge in [-0.3, -0.25) is 15.6 Å². The first-order valence-electron chi connectivity index (χ1n) is 6.28. The van der Waals surface area contributed by atoms with Crippen molar-refractivity contribution in [3.05, 3.63) is 57.5 Å². The zero-order valence-electron chi connectivity index (χ0n) is 11.9. The predicted molar refractivity (Wildman–Crippen MR) is 99.7 cm³/mol. The van der Waals surface area contributed by atoms with Gasteiger partial charge in [-0.2, -0.15) is 0 Å². The minimum Gasteiger partial charge on any atom is -0.299 e. The van der Waals surface area contributed by atoms with Crippen LogP contribution in [0.4, 0.5) is 11.4 Å². The minimum atomic E-state index is -0.249. The zero-order chi connectivity index (χ0) is 16.1. The lowest BCUT2D eigenvalue weighted by Gasteiger charge is -2.11. The van der Waals surface area contributed by atoms with Gasteiger partial charge in [0.15, 0.2) is 11.6 Å². The molecule has 0 unspecified atom stereocenters. The lowest BCUT2D eigenvalue weighted by molar-refractivity contribution is -0.111. The monoisotopic (exact) mass is 391 g/mol. The highest BCUT2D eigenvalue weighted by atomic mass is 35.5. The Labute approximate surface area is 155 Å². The Morgan fingerprint density at radius 3 is 2.35 bits per heavy atom. The van der Waals surface area contributed by atoms with E-state index in [1.807, 2.05) is 0 Å². The van der Waals surface area contributed by atoms with Crippen molar-refractivity contribution in [2.45, 2.75) is 6.92 Å². The van der Waals surface area contributed by atoms with Crippen molar-refractivity contribution >= 4 is 70.2 Å². The van der Waals surface area contributed by atoms with Crippen LogP contribution in [-0.2, 0) is 4.79 Å². The first-order valence-corrected chi connectivity index (χ1v) is 7.41. The number of aliphatic imine (C=N–C) groups is 1. The summed E-state index contributed by atoms with van der Waals surface area (Å²) in [5, 5.41) is 1.43. The van der Waals surface area contributed by atoms with Crippen molar-refractivity contribution in [1.82, 2.24) is 5.43 Å². The lowest BCUT2D eigenvalue weighted by Crippen LogP contribution is -2.34. The Kier molecular flexibility index (Phi) is 7.65. The molecule has 0 saturated heterocycles. The van der Waals surface area contributed by atoms with Crippen molar-refractivity contribution in [2.75, 3.05) is 5.43 Å². The number of amidine groups is 1. The molecule has 122 valence electrons. The molecule has 0 bridgehead atoms. The highest BCUT2D eigenvalue weighted by Gasteiger charge is 2.08. The van der Waals surface area contributed by atoms with Gasteiger partial charge in [0.1, 0.15) is 0 Å². The van der Waals surface area contributed by atoms with Crippen LogP contribution in [0, 0.1) is 0 Å². The third-order valence-electron chi connectivity index (χ3n) is 2.63. The number of ketones is 1. The summed E-state index contributed by atoms with van der Waals surface area (Å²) < 4.78 is 0. The van der Waals surface area contributed by atoms with E-state index in [0.717, 1.165) is 0 Å². The summed E-state index contributed by atoms with van der Waals surface area (Å²) >= 11 is 17.8. The van der Waals surface area contributed by atoms with E-state index in [-0.39, 0.29) is 24.0 Å². The van der Waals surface area contributed by atoms with E-state index in [4.69, 9.17) is 34.8 Å². The first-order chi connectivity index (χ1) is 10.5. The van der Waals surface area contributed by atoms with Gasteiger partial charge in [-0.1, -0.05) is 40.9 Å². The first kappa shape index (κ1) is 19.6. The van der Waals surface area contributed by atoms with Crippen LogP contribution in [0.25, 0.3) is 0 Å². The SMILES string of the molecule is CC(=O)C(=Nc1ccc(Cl)cc1Cl)NNc1cccc(Cl)c1.Cl. The lowest BCUT2D eigenvalue weighted by atomic mass is 10.3. The summed E-state index contributed by atoms with van der Waals surface area (Å²) in [6.45, 7) is 1.40. The number of nitrogens with zero attached hydrogens (tertiary/aromatic N) is 1. The maximum absolute atomic E-state index is 11.7. The maximum Gasteiger partial charge on any atom is 0.196 e. The molecule has 0 saturated carbocycles. The van der Waals surface area contributed by atoms with Crippen LogP contribution in [0.2, 0.25) is 15.1 Å². The molecule has 0 amide bonds. The number of anilines is 1. The Morgan fingerprint density at radius 1 is 1.04 bits per heavy atom. The standard InChI is InChI=1S/C15H12Cl3N3O.ClH/c1-9(22)15(19-14-6-5-11(17)8-13(14)18)21-20-12-4-2-3-10(16)7-12;/h2-8,20H,1H3,(H,19,21);1H. The van der Waals surface area contributed by atoms with Crippen LogP contribution in [0.3, 0.4) is 0 Å². The van der Waals surface area contributed by atoms with Crippen molar-refractivity contribution in [2.24, 2.45) is 4.99 Å². The number of carbonyl (C=O) groups excluding carboxylic acids is 1. The summed E-state index contributed by atoms with van der Waals surface area (Å²) in [6, 6.07) is 11.9. The average Bonchev–Trinajstić information content (AvgIpc) is 2.45. The van der Waals surface area contributed by atoms with Gasteiger partial charge in [-0.25, -0.2) is 4.99 Å². The van der Waals surface area contributed by atoms with E-state index in [9.17, 15) is 4.79 Å². The Morgan fingerprint density at radius 2 is 1.74 bits per heavy atom. The second kappa shape index (κ2) is 8.99. The summed E-state index contributed by atoms with van der Waals surface area (Å²) in [4.78, 5) is 15.9. The number of hydrazine groups is 1. The third kappa shape index (κ3) is 5.92. The number of hydrogen-bond acceptors (Lipinski definition) is 3. The predicted octanol–water partition coefficient (Wildman–Crippen LogP) is 5.30. The molecule has 2 rings (SSSR count). The normalized spacial score (nSPS) is 10.7. The molecule has 0 aromatic heterocycles. The molecule has 8 heteroatoms. The molecule has 4 nitrogen and oxygen atoms in total. The van der Waals surface area contributed by atoms with Gasteiger partial charge in [0.2, 0.25) is 0 Å². The van der Waals surface area contributed by atoms with Crippen LogP contribution in [0.5, 0.6) is 0 Å². The fourth-order valence-electron chi connectivity index (χ4n) is 1.58. The number of Topliss-reactive ketones (excluding diaryl/α,β-unsaturated/α-hetero) is 1. The fourth-order valence-corrected chi connectivity index (χ4v) is 2.23. The number of rotatable bonds is 4. The van der Waals surface area contributed by atoms with E-state index in [1.165, 1.54) is 6.92 Å². The van der Waals surface area contributed by atoms with Crippen molar-refractivity contribution < 1.29 is 4.79 Å². The highest BCUT2D eigenvalue weighted by Crippen LogP contribution is 2.27. The van der Waals surface area contributed by atoms with E-state index in [0.29, 0.717) is 26.4 Å². The molecule has 0 radical (unpaired) electrons. The molecule has 0 fully saturated rings. The van der Waals surface area contributed by atoms with Gasteiger partial charge < -0.3 is 0 Å². The highest BCUT2D eigenvalue weighted by molar-refractivity contribution is 6.40. The van der Waals surface area contributed by atoms with E-state index < -0.39 is 0 Å². The summed E-state index contributed by atoms with van der Waals surface area (Å²) in [5.74, 6) is -0.134. The molecule has 0 aliphatic carbocycles. The third-order valence-corrected chi connectivity index (χ3v) is 3.40. The zero-order valence-corrected chi connectivity index (χ0v) is 15.0. The molecule has 2 aromatic carbocycles. The number of halogens is 4.